The second-order valence-electron chi connectivity index (χ2n) is 8.14. The van der Waals surface area contributed by atoms with Crippen LogP contribution in [0, 0.1) is 0 Å². The number of carboxylic acid groups (broad SMARTS) is 2. The van der Waals surface area contributed by atoms with Gasteiger partial charge in [-0.2, -0.15) is 31.4 Å². The predicted octanol–water partition coefficient (Wildman–Crippen LogP) is 2.93. The van der Waals surface area contributed by atoms with E-state index in [1.54, 1.807) is 0 Å². The van der Waals surface area contributed by atoms with Gasteiger partial charge in [0.05, 0.1) is 6.20 Å². The summed E-state index contributed by atoms with van der Waals surface area (Å²) in [5.41, 5.74) is 2.66. The summed E-state index contributed by atoms with van der Waals surface area (Å²) < 4.78 is 65.4. The molecule has 2 aromatic rings. The third-order valence-electron chi connectivity index (χ3n) is 5.54. The summed E-state index contributed by atoms with van der Waals surface area (Å²) in [5, 5.41) is 18.5. The molecule has 0 spiro atoms. The highest BCUT2D eigenvalue weighted by molar-refractivity contribution is 5.73. The first-order valence-corrected chi connectivity index (χ1v) is 10.6. The van der Waals surface area contributed by atoms with Crippen molar-refractivity contribution in [3.05, 3.63) is 48.0 Å². The number of rotatable bonds is 4. The molecule has 2 atom stereocenters. The van der Waals surface area contributed by atoms with Gasteiger partial charge in [-0.05, 0) is 24.5 Å². The van der Waals surface area contributed by atoms with Crippen molar-refractivity contribution in [3.8, 4) is 0 Å². The van der Waals surface area contributed by atoms with E-state index in [2.05, 4.69) is 32.1 Å². The highest BCUT2D eigenvalue weighted by atomic mass is 19.4. The number of alkyl halides is 6. The van der Waals surface area contributed by atoms with Crippen molar-refractivity contribution in [1.82, 2.24) is 24.6 Å². The summed E-state index contributed by atoms with van der Waals surface area (Å²) in [7, 11) is 1.99. The number of carboxylic acids is 2. The average molecular weight is 525 g/mol. The molecule has 2 fully saturated rings. The normalized spacial score (nSPS) is 20.1. The minimum Gasteiger partial charge on any atom is -0.475 e. The Kier molecular flexibility index (Phi) is 9.81. The molecule has 2 aliphatic heterocycles. The summed E-state index contributed by atoms with van der Waals surface area (Å²) in [6.07, 6.45) is 0.374. The van der Waals surface area contributed by atoms with Gasteiger partial charge in [-0.3, -0.25) is 19.5 Å². The van der Waals surface area contributed by atoms with Crippen LogP contribution in [0.1, 0.15) is 24.0 Å². The molecule has 0 unspecified atom stereocenters. The molecule has 0 radical (unpaired) electrons. The van der Waals surface area contributed by atoms with Gasteiger partial charge in [0, 0.05) is 69.5 Å². The zero-order valence-corrected chi connectivity index (χ0v) is 19.1. The van der Waals surface area contributed by atoms with Gasteiger partial charge in [0.2, 0.25) is 0 Å². The maximum absolute atomic E-state index is 10.6. The smallest absolute Gasteiger partial charge is 0.475 e. The Bertz CT molecular complexity index is 975. The standard InChI is InChI=1S/C17H23N5.2C2HF3O2/c1-20-11-15(10-19-20)13-22-8-5-16-17(22)4-7-21(16)12-14-3-2-6-18-9-14;2*3-2(4,5)1(6)7/h2-3,6,9-11,16-17H,4-5,7-8,12-13H2,1H3;2*(H,6,7)/t16-,17+;;/m1../s1. The molecule has 2 saturated heterocycles. The molecule has 4 rings (SSSR count). The molecule has 15 heteroatoms. The van der Waals surface area contributed by atoms with Crippen LogP contribution in [0.25, 0.3) is 0 Å². The van der Waals surface area contributed by atoms with E-state index < -0.39 is 24.3 Å². The van der Waals surface area contributed by atoms with Crippen LogP contribution in [0.15, 0.2) is 36.9 Å². The fraction of sp³-hybridized carbons (Fsp3) is 0.524. The van der Waals surface area contributed by atoms with Gasteiger partial charge in [-0.1, -0.05) is 6.07 Å². The van der Waals surface area contributed by atoms with Crippen molar-refractivity contribution < 1.29 is 46.1 Å². The number of likely N-dealkylation sites (tertiary alicyclic amines) is 2. The summed E-state index contributed by atoms with van der Waals surface area (Å²) in [6, 6.07) is 5.63. The summed E-state index contributed by atoms with van der Waals surface area (Å²) >= 11 is 0. The molecule has 0 aliphatic carbocycles. The lowest BCUT2D eigenvalue weighted by atomic mass is 10.1. The van der Waals surface area contributed by atoms with Crippen LogP contribution in [-0.4, -0.2) is 84.2 Å². The van der Waals surface area contributed by atoms with Crippen LogP contribution in [0.4, 0.5) is 26.3 Å². The number of halogens is 6. The molecule has 0 amide bonds. The first-order valence-electron chi connectivity index (χ1n) is 10.6. The maximum atomic E-state index is 10.6. The lowest BCUT2D eigenvalue weighted by Gasteiger charge is -2.25. The number of carbonyl (C=O) groups is 2. The molecule has 4 heterocycles. The van der Waals surface area contributed by atoms with Crippen molar-refractivity contribution >= 4 is 11.9 Å². The number of pyridine rings is 1. The Morgan fingerprint density at radius 1 is 0.917 bits per heavy atom. The maximum Gasteiger partial charge on any atom is 0.490 e. The summed E-state index contributed by atoms with van der Waals surface area (Å²) in [6.45, 7) is 4.48. The molecule has 0 saturated carbocycles. The van der Waals surface area contributed by atoms with Gasteiger partial charge in [0.25, 0.3) is 0 Å². The molecular formula is C21H25F6N5O4. The Hall–Kier alpha value is -3.20. The van der Waals surface area contributed by atoms with Gasteiger partial charge >= 0.3 is 24.3 Å². The third-order valence-corrected chi connectivity index (χ3v) is 5.54. The van der Waals surface area contributed by atoms with Crippen LogP contribution in [-0.2, 0) is 29.7 Å². The van der Waals surface area contributed by atoms with E-state index in [9.17, 15) is 26.3 Å². The van der Waals surface area contributed by atoms with E-state index in [4.69, 9.17) is 19.8 Å². The fourth-order valence-corrected chi connectivity index (χ4v) is 4.07. The molecule has 9 nitrogen and oxygen atoms in total. The number of hydrogen-bond acceptors (Lipinski definition) is 6. The highest BCUT2D eigenvalue weighted by Crippen LogP contribution is 2.33. The van der Waals surface area contributed by atoms with E-state index in [-0.39, 0.29) is 0 Å². The lowest BCUT2D eigenvalue weighted by molar-refractivity contribution is -0.193. The number of aryl methyl sites for hydroxylation is 1. The minimum absolute atomic E-state index is 0.705. The van der Waals surface area contributed by atoms with Gasteiger partial charge in [-0.15, -0.1) is 0 Å². The molecular weight excluding hydrogens is 500 g/mol. The van der Waals surface area contributed by atoms with Crippen LogP contribution in [0.3, 0.4) is 0 Å². The molecule has 36 heavy (non-hydrogen) atoms. The van der Waals surface area contributed by atoms with Crippen LogP contribution in [0.2, 0.25) is 0 Å². The Balaban J connectivity index is 0.000000271. The SMILES string of the molecule is Cn1cc(CN2CC[C@@H]3[C@@H]2CCN3Cc2cccnc2)cn1.O=C(O)C(F)(F)F.O=C(O)C(F)(F)F. The number of fused-ring (bicyclic) bond motifs is 1. The van der Waals surface area contributed by atoms with Gasteiger partial charge in [0.1, 0.15) is 0 Å². The zero-order valence-electron chi connectivity index (χ0n) is 19.1. The Morgan fingerprint density at radius 2 is 1.39 bits per heavy atom. The van der Waals surface area contributed by atoms with Crippen LogP contribution >= 0.6 is 0 Å². The van der Waals surface area contributed by atoms with Crippen LogP contribution < -0.4 is 0 Å². The molecule has 0 aromatic carbocycles. The van der Waals surface area contributed by atoms with Crippen molar-refractivity contribution in [2.75, 3.05) is 13.1 Å². The molecule has 2 N–H and O–H groups in total. The second-order valence-corrected chi connectivity index (χ2v) is 8.14. The highest BCUT2D eigenvalue weighted by Gasteiger charge is 2.42. The summed E-state index contributed by atoms with van der Waals surface area (Å²) in [5.74, 6) is -5.51. The number of hydrogen-bond donors (Lipinski definition) is 2. The number of aromatic nitrogens is 3. The first kappa shape index (κ1) is 29.0. The van der Waals surface area contributed by atoms with Crippen molar-refractivity contribution in [2.24, 2.45) is 7.05 Å². The van der Waals surface area contributed by atoms with Crippen molar-refractivity contribution in [2.45, 2.75) is 50.4 Å². The summed E-state index contributed by atoms with van der Waals surface area (Å²) in [4.78, 5) is 27.3. The molecule has 0 bridgehead atoms. The van der Waals surface area contributed by atoms with Crippen molar-refractivity contribution in [3.63, 3.8) is 0 Å². The second kappa shape index (κ2) is 12.2. The topological polar surface area (TPSA) is 112 Å². The monoisotopic (exact) mass is 525 g/mol. The Morgan fingerprint density at radius 3 is 1.75 bits per heavy atom. The van der Waals surface area contributed by atoms with Gasteiger partial charge < -0.3 is 10.2 Å². The minimum atomic E-state index is -5.08. The number of nitrogens with zero attached hydrogens (tertiary/aromatic N) is 5. The van der Waals surface area contributed by atoms with Gasteiger partial charge in [0.15, 0.2) is 0 Å². The molecule has 200 valence electrons. The largest absolute Gasteiger partial charge is 0.490 e. The fourth-order valence-electron chi connectivity index (χ4n) is 4.07. The average Bonchev–Trinajstić information content (AvgIpc) is 3.47. The van der Waals surface area contributed by atoms with E-state index in [1.807, 2.05) is 36.4 Å². The quantitative estimate of drug-likeness (QED) is 0.587. The van der Waals surface area contributed by atoms with E-state index in [0.29, 0.717) is 12.1 Å². The van der Waals surface area contributed by atoms with Crippen molar-refractivity contribution in [1.29, 1.82) is 0 Å². The Labute approximate surface area is 201 Å². The van der Waals surface area contributed by atoms with Crippen LogP contribution in [0.5, 0.6) is 0 Å². The predicted molar refractivity (Wildman–Crippen MR) is 112 cm³/mol. The zero-order chi connectivity index (χ0) is 27.1. The van der Waals surface area contributed by atoms with E-state index in [1.165, 1.54) is 37.1 Å². The number of aliphatic carboxylic acids is 2. The third kappa shape index (κ3) is 8.78. The van der Waals surface area contributed by atoms with E-state index >= 15 is 0 Å². The van der Waals surface area contributed by atoms with E-state index in [0.717, 1.165) is 13.1 Å². The molecule has 2 aromatic heterocycles. The first-order chi connectivity index (χ1) is 16.7. The van der Waals surface area contributed by atoms with Gasteiger partial charge in [-0.25, -0.2) is 9.59 Å². The lowest BCUT2D eigenvalue weighted by Crippen LogP contribution is -2.35. The molecule has 2 aliphatic rings.